The summed E-state index contributed by atoms with van der Waals surface area (Å²) in [5.41, 5.74) is 0.867. The number of ether oxygens (including phenoxy) is 2. The van der Waals surface area contributed by atoms with Gasteiger partial charge in [-0.05, 0) is 43.7 Å². The van der Waals surface area contributed by atoms with Gasteiger partial charge in [-0.1, -0.05) is 35.9 Å². The summed E-state index contributed by atoms with van der Waals surface area (Å²) < 4.78 is 10.9. The van der Waals surface area contributed by atoms with E-state index in [9.17, 15) is 9.59 Å². The van der Waals surface area contributed by atoms with Gasteiger partial charge in [-0.2, -0.15) is 0 Å². The normalized spacial score (nSPS) is 11.4. The van der Waals surface area contributed by atoms with Gasteiger partial charge in [-0.3, -0.25) is 9.59 Å². The summed E-state index contributed by atoms with van der Waals surface area (Å²) in [6.07, 6.45) is 0. The van der Waals surface area contributed by atoms with Crippen LogP contribution in [0.2, 0.25) is 5.02 Å². The number of rotatable bonds is 9. The zero-order valence-electron chi connectivity index (χ0n) is 16.3. The summed E-state index contributed by atoms with van der Waals surface area (Å²) in [6, 6.07) is 13.6. The fraction of sp³-hybridized carbons (Fsp3) is 0.333. The van der Waals surface area contributed by atoms with Crippen molar-refractivity contribution < 1.29 is 19.1 Å². The van der Waals surface area contributed by atoms with Crippen LogP contribution in [0, 0.1) is 0 Å². The number of amides is 2. The smallest absolute Gasteiger partial charge is 0.261 e. The third-order valence-corrected chi connectivity index (χ3v) is 4.46. The maximum atomic E-state index is 12.9. The number of likely N-dealkylation sites (N-methyl/N-ethyl adjacent to an activating group) is 1. The Morgan fingerprint density at radius 1 is 1.11 bits per heavy atom. The van der Waals surface area contributed by atoms with Crippen LogP contribution in [0.15, 0.2) is 48.5 Å². The number of hydrogen-bond donors (Lipinski definition) is 1. The van der Waals surface area contributed by atoms with Gasteiger partial charge in [0.25, 0.3) is 5.91 Å². The monoisotopic (exact) mass is 404 g/mol. The topological polar surface area (TPSA) is 67.9 Å². The second-order valence-corrected chi connectivity index (χ2v) is 6.59. The summed E-state index contributed by atoms with van der Waals surface area (Å²) >= 11 is 5.93. The molecule has 7 heteroatoms. The van der Waals surface area contributed by atoms with E-state index in [2.05, 4.69) is 5.32 Å². The number of halogens is 1. The highest BCUT2D eigenvalue weighted by Crippen LogP contribution is 2.25. The zero-order chi connectivity index (χ0) is 20.5. The van der Waals surface area contributed by atoms with E-state index in [1.807, 2.05) is 25.1 Å². The van der Waals surface area contributed by atoms with Crippen molar-refractivity contribution in [2.24, 2.45) is 0 Å². The van der Waals surface area contributed by atoms with Crippen LogP contribution in [0.25, 0.3) is 0 Å². The molecule has 2 aromatic rings. The molecule has 0 radical (unpaired) electrons. The quantitative estimate of drug-likeness (QED) is 0.696. The Kier molecular flexibility index (Phi) is 8.14. The number of hydrogen-bond acceptors (Lipinski definition) is 4. The lowest BCUT2D eigenvalue weighted by atomic mass is 10.1. The molecule has 6 nitrogen and oxygen atoms in total. The third-order valence-electron chi connectivity index (χ3n) is 4.20. The first-order valence-electron chi connectivity index (χ1n) is 9.03. The van der Waals surface area contributed by atoms with E-state index in [4.69, 9.17) is 21.1 Å². The van der Waals surface area contributed by atoms with Crippen molar-refractivity contribution in [3.8, 4) is 11.5 Å². The molecule has 0 bridgehead atoms. The van der Waals surface area contributed by atoms with E-state index < -0.39 is 6.04 Å². The molecule has 0 saturated heterocycles. The van der Waals surface area contributed by atoms with Gasteiger partial charge >= 0.3 is 0 Å². The van der Waals surface area contributed by atoms with E-state index in [-0.39, 0.29) is 25.0 Å². The van der Waals surface area contributed by atoms with E-state index in [1.54, 1.807) is 37.3 Å². The minimum Gasteiger partial charge on any atom is -0.493 e. The molecule has 0 aromatic heterocycles. The number of carbonyl (C=O) groups is 2. The van der Waals surface area contributed by atoms with Gasteiger partial charge in [0.2, 0.25) is 5.91 Å². The lowest BCUT2D eigenvalue weighted by molar-refractivity contribution is -0.142. The lowest BCUT2D eigenvalue weighted by Gasteiger charge is -2.28. The van der Waals surface area contributed by atoms with Crippen LogP contribution in [-0.2, 0) is 16.1 Å². The molecule has 1 atom stereocenters. The number of benzene rings is 2. The molecular weight excluding hydrogens is 380 g/mol. The van der Waals surface area contributed by atoms with Crippen LogP contribution in [-0.4, -0.2) is 43.0 Å². The number of methoxy groups -OCH3 is 1. The Morgan fingerprint density at radius 3 is 2.36 bits per heavy atom. The van der Waals surface area contributed by atoms with E-state index in [0.29, 0.717) is 23.1 Å². The van der Waals surface area contributed by atoms with E-state index in [1.165, 1.54) is 12.0 Å². The van der Waals surface area contributed by atoms with Crippen LogP contribution >= 0.6 is 11.6 Å². The molecule has 0 aliphatic rings. The number of nitrogens with zero attached hydrogens (tertiary/aromatic N) is 1. The maximum Gasteiger partial charge on any atom is 0.261 e. The Balaban J connectivity index is 2.15. The van der Waals surface area contributed by atoms with Crippen molar-refractivity contribution in [3.63, 3.8) is 0 Å². The Hall–Kier alpha value is -2.73. The number of para-hydroxylation sites is 2. The first-order chi connectivity index (χ1) is 13.5. The van der Waals surface area contributed by atoms with Crippen molar-refractivity contribution in [2.75, 3.05) is 20.3 Å². The molecule has 28 heavy (non-hydrogen) atoms. The highest BCUT2D eigenvalue weighted by Gasteiger charge is 2.26. The van der Waals surface area contributed by atoms with Crippen LogP contribution < -0.4 is 14.8 Å². The van der Waals surface area contributed by atoms with E-state index in [0.717, 1.165) is 5.56 Å². The minimum atomic E-state index is -0.649. The molecule has 2 aromatic carbocycles. The van der Waals surface area contributed by atoms with Crippen molar-refractivity contribution in [2.45, 2.75) is 26.4 Å². The van der Waals surface area contributed by atoms with Crippen LogP contribution in [0.5, 0.6) is 11.5 Å². The summed E-state index contributed by atoms with van der Waals surface area (Å²) in [5, 5.41) is 3.36. The van der Waals surface area contributed by atoms with Gasteiger partial charge in [0.15, 0.2) is 18.1 Å². The molecule has 0 saturated carbocycles. The number of nitrogens with one attached hydrogen (secondary N) is 1. The average Bonchev–Trinajstić information content (AvgIpc) is 2.71. The van der Waals surface area contributed by atoms with Crippen molar-refractivity contribution >= 4 is 23.4 Å². The first-order valence-corrected chi connectivity index (χ1v) is 9.41. The second kappa shape index (κ2) is 10.6. The van der Waals surface area contributed by atoms with Crippen LogP contribution in [0.3, 0.4) is 0 Å². The van der Waals surface area contributed by atoms with Gasteiger partial charge in [0.1, 0.15) is 6.04 Å². The summed E-state index contributed by atoms with van der Waals surface area (Å²) in [7, 11) is 1.54. The molecule has 1 N–H and O–H groups in total. The zero-order valence-corrected chi connectivity index (χ0v) is 17.0. The third kappa shape index (κ3) is 5.89. The predicted molar refractivity (Wildman–Crippen MR) is 109 cm³/mol. The second-order valence-electron chi connectivity index (χ2n) is 6.16. The highest BCUT2D eigenvalue weighted by atomic mass is 35.5. The Bertz CT molecular complexity index is 795. The molecule has 0 spiro atoms. The highest BCUT2D eigenvalue weighted by molar-refractivity contribution is 6.30. The van der Waals surface area contributed by atoms with Gasteiger partial charge in [0.05, 0.1) is 7.11 Å². The molecule has 0 heterocycles. The maximum absolute atomic E-state index is 12.9. The molecule has 0 aliphatic carbocycles. The SMILES string of the molecule is CCNC(=O)[C@H](C)N(Cc1ccc(Cl)cc1)C(=O)COc1ccccc1OC. The molecule has 0 unspecified atom stereocenters. The summed E-state index contributed by atoms with van der Waals surface area (Å²) in [4.78, 5) is 26.7. The summed E-state index contributed by atoms with van der Waals surface area (Å²) in [6.45, 7) is 4.08. The van der Waals surface area contributed by atoms with Gasteiger partial charge in [-0.25, -0.2) is 0 Å². The van der Waals surface area contributed by atoms with Crippen molar-refractivity contribution in [1.82, 2.24) is 10.2 Å². The fourth-order valence-corrected chi connectivity index (χ4v) is 2.78. The van der Waals surface area contributed by atoms with Gasteiger partial charge in [-0.15, -0.1) is 0 Å². The summed E-state index contributed by atoms with van der Waals surface area (Å²) in [5.74, 6) is 0.480. The van der Waals surface area contributed by atoms with Gasteiger partial charge < -0.3 is 19.7 Å². The Labute approximate surface area is 170 Å². The number of carbonyl (C=O) groups excluding carboxylic acids is 2. The molecule has 150 valence electrons. The minimum absolute atomic E-state index is 0.211. The fourth-order valence-electron chi connectivity index (χ4n) is 2.65. The predicted octanol–water partition coefficient (Wildman–Crippen LogP) is 3.28. The molecule has 0 aliphatic heterocycles. The standard InChI is InChI=1S/C21H25ClN2O4/c1-4-23-21(26)15(2)24(13-16-9-11-17(22)12-10-16)20(25)14-28-19-8-6-5-7-18(19)27-3/h5-12,15H,4,13-14H2,1-3H3,(H,23,26)/t15-/m0/s1. The molecular formula is C21H25ClN2O4. The van der Waals surface area contributed by atoms with Crippen LogP contribution in [0.1, 0.15) is 19.4 Å². The molecule has 0 fully saturated rings. The van der Waals surface area contributed by atoms with Crippen molar-refractivity contribution in [3.05, 3.63) is 59.1 Å². The Morgan fingerprint density at radius 2 is 1.75 bits per heavy atom. The lowest BCUT2D eigenvalue weighted by Crippen LogP contribution is -2.49. The largest absolute Gasteiger partial charge is 0.493 e. The molecule has 2 rings (SSSR count). The average molecular weight is 405 g/mol. The van der Waals surface area contributed by atoms with Crippen LogP contribution in [0.4, 0.5) is 0 Å². The van der Waals surface area contributed by atoms with E-state index >= 15 is 0 Å². The molecule has 2 amide bonds. The van der Waals surface area contributed by atoms with Gasteiger partial charge in [0, 0.05) is 18.1 Å². The first kappa shape index (κ1) is 21.6. The van der Waals surface area contributed by atoms with Crippen molar-refractivity contribution in [1.29, 1.82) is 0 Å².